The van der Waals surface area contributed by atoms with Gasteiger partial charge in [-0.05, 0) is 51.5 Å². The van der Waals surface area contributed by atoms with Crippen LogP contribution in [0, 0.1) is 0 Å². The van der Waals surface area contributed by atoms with Crippen molar-refractivity contribution in [3.63, 3.8) is 0 Å². The predicted octanol–water partition coefficient (Wildman–Crippen LogP) is -4.44. The predicted molar refractivity (Wildman–Crippen MR) is 146 cm³/mol. The highest BCUT2D eigenvalue weighted by Crippen LogP contribution is 2.07. The van der Waals surface area contributed by atoms with Crippen molar-refractivity contribution in [3.05, 3.63) is 0 Å². The number of nitrogens with zero attached hydrogens (tertiary/aromatic N) is 2. The molecule has 0 rings (SSSR count). The maximum absolute atomic E-state index is 13.2. The van der Waals surface area contributed by atoms with E-state index in [2.05, 4.69) is 25.9 Å². The molecule has 0 saturated carbocycles. The fourth-order valence-corrected chi connectivity index (χ4v) is 3.40. The number of amides is 3. The molecule has 228 valence electrons. The fourth-order valence-electron chi connectivity index (χ4n) is 3.40. The third kappa shape index (κ3) is 16.6. The molecule has 0 aliphatic rings. The first-order valence-electron chi connectivity index (χ1n) is 12.7. The lowest BCUT2D eigenvalue weighted by Crippen LogP contribution is -2.57. The number of nitrogens with one attached hydrogen (secondary N) is 3. The Bertz CT molecular complexity index is 906. The normalized spacial score (nSPS) is 13.6. The number of carbonyl (C=O) groups is 5. The van der Waals surface area contributed by atoms with E-state index in [0.717, 1.165) is 0 Å². The summed E-state index contributed by atoms with van der Waals surface area (Å²) in [6.45, 7) is 0.614. The van der Waals surface area contributed by atoms with Gasteiger partial charge in [0.2, 0.25) is 17.7 Å². The lowest BCUT2D eigenvalue weighted by Gasteiger charge is -2.25. The number of carbonyl (C=O) groups excluding carboxylic acids is 3. The number of guanidine groups is 2. The van der Waals surface area contributed by atoms with Crippen LogP contribution in [0.5, 0.6) is 0 Å². The number of carboxylic acid groups (broad SMARTS) is 2. The van der Waals surface area contributed by atoms with Crippen molar-refractivity contribution in [2.24, 2.45) is 44.4 Å². The first-order chi connectivity index (χ1) is 18.8. The smallest absolute Gasteiger partial charge is 0.326 e. The number of hydrogen-bond acceptors (Lipinski definition) is 9. The summed E-state index contributed by atoms with van der Waals surface area (Å²) in [6, 6.07) is -5.09. The third-order valence-electron chi connectivity index (χ3n) is 5.45. The second kappa shape index (κ2) is 19.8. The van der Waals surface area contributed by atoms with Gasteiger partial charge in [-0.25, -0.2) is 4.79 Å². The Morgan fingerprint density at radius 1 is 0.650 bits per heavy atom. The zero-order valence-electron chi connectivity index (χ0n) is 22.4. The van der Waals surface area contributed by atoms with E-state index in [9.17, 15) is 29.1 Å². The van der Waals surface area contributed by atoms with Crippen LogP contribution in [0.25, 0.3) is 0 Å². The van der Waals surface area contributed by atoms with Crippen LogP contribution in [0.15, 0.2) is 9.98 Å². The van der Waals surface area contributed by atoms with Crippen molar-refractivity contribution in [1.82, 2.24) is 16.0 Å². The molecule has 0 heterocycles. The third-order valence-corrected chi connectivity index (χ3v) is 5.45. The molecule has 0 aliphatic heterocycles. The van der Waals surface area contributed by atoms with E-state index < -0.39 is 60.2 Å². The van der Waals surface area contributed by atoms with Crippen molar-refractivity contribution in [2.45, 2.75) is 75.5 Å². The molecule has 0 fully saturated rings. The van der Waals surface area contributed by atoms with Crippen LogP contribution >= 0.6 is 0 Å². The highest BCUT2D eigenvalue weighted by Gasteiger charge is 2.30. The number of nitrogens with two attached hydrogens (primary N) is 6. The molecule has 4 unspecified atom stereocenters. The Hall–Kier alpha value is -4.19. The molecule has 0 bridgehead atoms. The largest absolute Gasteiger partial charge is 0.481 e. The number of unbranched alkanes of at least 4 members (excludes halogenated alkanes) is 1. The van der Waals surface area contributed by atoms with Gasteiger partial charge in [-0.15, -0.1) is 0 Å². The monoisotopic (exact) mass is 573 g/mol. The summed E-state index contributed by atoms with van der Waals surface area (Å²) < 4.78 is 0. The van der Waals surface area contributed by atoms with Gasteiger partial charge in [0.25, 0.3) is 0 Å². The molecule has 40 heavy (non-hydrogen) atoms. The van der Waals surface area contributed by atoms with Crippen molar-refractivity contribution in [3.8, 4) is 0 Å². The van der Waals surface area contributed by atoms with Gasteiger partial charge >= 0.3 is 11.9 Å². The van der Waals surface area contributed by atoms with Crippen LogP contribution in [-0.2, 0) is 24.0 Å². The summed E-state index contributed by atoms with van der Waals surface area (Å²) in [4.78, 5) is 68.8. The Kier molecular flexibility index (Phi) is 17.7. The molecular weight excluding hydrogens is 530 g/mol. The Morgan fingerprint density at radius 3 is 1.50 bits per heavy atom. The topological polar surface area (TPSA) is 343 Å². The minimum absolute atomic E-state index is 0.0201. The van der Waals surface area contributed by atoms with Gasteiger partial charge in [-0.3, -0.25) is 29.2 Å². The van der Waals surface area contributed by atoms with Crippen LogP contribution in [-0.4, -0.2) is 95.6 Å². The summed E-state index contributed by atoms with van der Waals surface area (Å²) in [5, 5.41) is 25.8. The zero-order chi connectivity index (χ0) is 30.7. The molecule has 0 aromatic rings. The molecule has 0 aromatic heterocycles. The first-order valence-corrected chi connectivity index (χ1v) is 12.7. The Morgan fingerprint density at radius 2 is 1.07 bits per heavy atom. The maximum Gasteiger partial charge on any atom is 0.326 e. The molecule has 3 amide bonds. The van der Waals surface area contributed by atoms with Gasteiger partial charge in [0.15, 0.2) is 11.9 Å². The molecular formula is C22H43N11O7. The molecule has 18 heteroatoms. The standard InChI is InChI=1S/C22H43N11O7/c23-8-2-1-5-13(19(38)33-15(20(39)40)7-4-10-30-22(27)28)32-18(37)14(6-3-9-29-21(25)26)31-17(36)12(24)11-16(34)35/h12-15H,1-11,23-24H2,(H,31,36)(H,32,37)(H,33,38)(H,34,35)(H,39,40)(H4,25,26,29)(H4,27,28,30). The van der Waals surface area contributed by atoms with Crippen LogP contribution in [0.1, 0.15) is 51.4 Å². The highest BCUT2D eigenvalue weighted by atomic mass is 16.4. The lowest BCUT2D eigenvalue weighted by atomic mass is 10.0. The number of rotatable bonds is 21. The highest BCUT2D eigenvalue weighted by molar-refractivity contribution is 5.94. The van der Waals surface area contributed by atoms with Crippen molar-refractivity contribution < 1.29 is 34.2 Å². The summed E-state index contributed by atoms with van der Waals surface area (Å²) in [5.74, 6) is -5.33. The molecule has 17 N–H and O–H groups in total. The number of aliphatic carboxylic acids is 2. The molecule has 0 aromatic carbocycles. The Balaban J connectivity index is 5.65. The van der Waals surface area contributed by atoms with Gasteiger partial charge in [-0.2, -0.15) is 0 Å². The average Bonchev–Trinajstić information content (AvgIpc) is 2.85. The zero-order valence-corrected chi connectivity index (χ0v) is 22.4. The second-order valence-corrected chi connectivity index (χ2v) is 8.91. The van der Waals surface area contributed by atoms with E-state index in [-0.39, 0.29) is 57.1 Å². The lowest BCUT2D eigenvalue weighted by molar-refractivity contribution is -0.142. The summed E-state index contributed by atoms with van der Waals surface area (Å²) in [6.07, 6.45) is 0.969. The average molecular weight is 574 g/mol. The maximum atomic E-state index is 13.2. The number of carboxylic acids is 2. The summed E-state index contributed by atoms with van der Waals surface area (Å²) in [7, 11) is 0. The van der Waals surface area contributed by atoms with E-state index in [1.807, 2.05) is 0 Å². The van der Waals surface area contributed by atoms with Crippen molar-refractivity contribution in [1.29, 1.82) is 0 Å². The SMILES string of the molecule is NCCCCC(NC(=O)C(CCCN=C(N)N)NC(=O)C(N)CC(=O)O)C(=O)NC(CCCN=C(N)N)C(=O)O. The summed E-state index contributed by atoms with van der Waals surface area (Å²) in [5.41, 5.74) is 32.2. The molecule has 18 nitrogen and oxygen atoms in total. The molecule has 0 radical (unpaired) electrons. The second-order valence-electron chi connectivity index (χ2n) is 8.91. The van der Waals surface area contributed by atoms with E-state index in [0.29, 0.717) is 19.4 Å². The van der Waals surface area contributed by atoms with E-state index in [1.165, 1.54) is 0 Å². The van der Waals surface area contributed by atoms with Crippen LogP contribution in [0.3, 0.4) is 0 Å². The van der Waals surface area contributed by atoms with Crippen LogP contribution < -0.4 is 50.4 Å². The minimum atomic E-state index is -1.43. The fraction of sp³-hybridized carbons (Fsp3) is 0.682. The van der Waals surface area contributed by atoms with Gasteiger partial charge in [-0.1, -0.05) is 0 Å². The number of aliphatic imine (C=N–C) groups is 2. The Labute approximate surface area is 231 Å². The number of hydrogen-bond donors (Lipinski definition) is 11. The van der Waals surface area contributed by atoms with Gasteiger partial charge < -0.3 is 60.6 Å². The minimum Gasteiger partial charge on any atom is -0.481 e. The van der Waals surface area contributed by atoms with Crippen molar-refractivity contribution in [2.75, 3.05) is 19.6 Å². The first kappa shape index (κ1) is 35.8. The van der Waals surface area contributed by atoms with E-state index in [4.69, 9.17) is 39.5 Å². The molecule has 0 aliphatic carbocycles. The molecule has 0 spiro atoms. The quantitative estimate of drug-likeness (QED) is 0.0351. The van der Waals surface area contributed by atoms with Gasteiger partial charge in [0, 0.05) is 13.1 Å². The van der Waals surface area contributed by atoms with Gasteiger partial charge in [0.05, 0.1) is 12.5 Å². The van der Waals surface area contributed by atoms with Crippen molar-refractivity contribution >= 4 is 41.6 Å². The van der Waals surface area contributed by atoms with Gasteiger partial charge in [0.1, 0.15) is 18.1 Å². The summed E-state index contributed by atoms with van der Waals surface area (Å²) >= 11 is 0. The van der Waals surface area contributed by atoms with Crippen LogP contribution in [0.4, 0.5) is 0 Å². The van der Waals surface area contributed by atoms with E-state index in [1.54, 1.807) is 0 Å². The van der Waals surface area contributed by atoms with E-state index >= 15 is 0 Å². The van der Waals surface area contributed by atoms with Crippen LogP contribution in [0.2, 0.25) is 0 Å². The molecule has 0 saturated heterocycles. The molecule has 4 atom stereocenters.